The van der Waals surface area contributed by atoms with Gasteiger partial charge in [0.1, 0.15) is 7.85 Å². The van der Waals surface area contributed by atoms with Gasteiger partial charge in [0.15, 0.2) is 0 Å². The Morgan fingerprint density at radius 3 is 2.76 bits per heavy atom. The summed E-state index contributed by atoms with van der Waals surface area (Å²) in [6.07, 6.45) is 6.24. The Labute approximate surface area is 109 Å². The fraction of sp³-hybridized carbons (Fsp3) is 0.286. The zero-order chi connectivity index (χ0) is 12.3. The van der Waals surface area contributed by atoms with Gasteiger partial charge in [-0.05, 0) is 29.7 Å². The maximum Gasteiger partial charge on any atom is 0.136 e. The number of hydrogen-bond acceptors (Lipinski definition) is 1. The standard InChI is InChI=1S/C14H17BClN/c1-2-11-4-3-10(8-14(11)16)7-13-6-5-12(15)9-17-13/h3-6,8,17H,2,7,9,15H2,1H3. The SMILES string of the molecule is BC1=CC=C(Cc2ccc(CC)c(Cl)c2)NC1. The van der Waals surface area contributed by atoms with Crippen LogP contribution in [-0.2, 0) is 12.8 Å². The van der Waals surface area contributed by atoms with Crippen LogP contribution in [0.25, 0.3) is 0 Å². The van der Waals surface area contributed by atoms with E-state index in [-0.39, 0.29) is 0 Å². The second-order valence-corrected chi connectivity index (χ2v) is 4.92. The first-order valence-corrected chi connectivity index (χ1v) is 6.44. The first-order chi connectivity index (χ1) is 8.19. The van der Waals surface area contributed by atoms with E-state index < -0.39 is 0 Å². The fourth-order valence-electron chi connectivity index (χ4n) is 1.94. The molecule has 0 unspecified atom stereocenters. The largest absolute Gasteiger partial charge is 0.385 e. The van der Waals surface area contributed by atoms with Crippen molar-refractivity contribution in [3.63, 3.8) is 0 Å². The number of benzene rings is 1. The summed E-state index contributed by atoms with van der Waals surface area (Å²) < 4.78 is 0. The molecule has 1 heterocycles. The van der Waals surface area contributed by atoms with Crippen LogP contribution in [0.1, 0.15) is 18.1 Å². The number of dihydropyridines is 1. The lowest BCUT2D eigenvalue weighted by atomic mass is 9.92. The van der Waals surface area contributed by atoms with Crippen LogP contribution in [0.5, 0.6) is 0 Å². The Kier molecular flexibility index (Phi) is 3.95. The van der Waals surface area contributed by atoms with E-state index in [2.05, 4.69) is 50.4 Å². The number of aryl methyl sites for hydroxylation is 1. The van der Waals surface area contributed by atoms with E-state index in [1.165, 1.54) is 22.3 Å². The Morgan fingerprint density at radius 1 is 1.35 bits per heavy atom. The number of rotatable bonds is 3. The van der Waals surface area contributed by atoms with E-state index in [0.717, 1.165) is 24.4 Å². The molecule has 1 aliphatic heterocycles. The average Bonchev–Trinajstić information content (AvgIpc) is 2.32. The monoisotopic (exact) mass is 245 g/mol. The van der Waals surface area contributed by atoms with E-state index in [1.807, 2.05) is 0 Å². The summed E-state index contributed by atoms with van der Waals surface area (Å²) in [4.78, 5) is 0. The van der Waals surface area contributed by atoms with Crippen LogP contribution in [0, 0.1) is 0 Å². The van der Waals surface area contributed by atoms with Crippen LogP contribution in [-0.4, -0.2) is 14.4 Å². The molecule has 0 fully saturated rings. The zero-order valence-corrected chi connectivity index (χ0v) is 11.1. The van der Waals surface area contributed by atoms with E-state index in [9.17, 15) is 0 Å². The maximum atomic E-state index is 6.22. The summed E-state index contributed by atoms with van der Waals surface area (Å²) in [5.41, 5.74) is 5.11. The minimum absolute atomic E-state index is 0.883. The van der Waals surface area contributed by atoms with Gasteiger partial charge in [-0.3, -0.25) is 0 Å². The lowest BCUT2D eigenvalue weighted by Crippen LogP contribution is -2.21. The van der Waals surface area contributed by atoms with Crippen molar-refractivity contribution in [3.8, 4) is 0 Å². The summed E-state index contributed by atoms with van der Waals surface area (Å²) in [6, 6.07) is 6.37. The van der Waals surface area contributed by atoms with Crippen LogP contribution in [0.3, 0.4) is 0 Å². The first-order valence-electron chi connectivity index (χ1n) is 6.06. The van der Waals surface area contributed by atoms with E-state index in [0.29, 0.717) is 0 Å². The van der Waals surface area contributed by atoms with Crippen molar-refractivity contribution in [3.05, 3.63) is 57.7 Å². The molecule has 0 saturated carbocycles. The van der Waals surface area contributed by atoms with Crippen LogP contribution in [0.2, 0.25) is 5.02 Å². The molecule has 0 amide bonds. The molecule has 1 N–H and O–H groups in total. The van der Waals surface area contributed by atoms with Gasteiger partial charge in [0.2, 0.25) is 0 Å². The fourth-order valence-corrected chi connectivity index (χ4v) is 2.28. The molecule has 0 saturated heterocycles. The molecule has 0 aliphatic carbocycles. The molecular weight excluding hydrogens is 228 g/mol. The first kappa shape index (κ1) is 12.3. The molecule has 0 aromatic heterocycles. The van der Waals surface area contributed by atoms with Gasteiger partial charge in [-0.15, -0.1) is 0 Å². The van der Waals surface area contributed by atoms with Gasteiger partial charge in [-0.25, -0.2) is 0 Å². The molecule has 3 heteroatoms. The highest BCUT2D eigenvalue weighted by atomic mass is 35.5. The second-order valence-electron chi connectivity index (χ2n) is 4.51. The molecule has 0 radical (unpaired) electrons. The Bertz CT molecular complexity index is 477. The summed E-state index contributed by atoms with van der Waals surface area (Å²) in [6.45, 7) is 3.08. The minimum atomic E-state index is 0.883. The lowest BCUT2D eigenvalue weighted by molar-refractivity contribution is 0.838. The summed E-state index contributed by atoms with van der Waals surface area (Å²) in [5.74, 6) is 0. The Hall–Kier alpha value is -1.15. The molecule has 0 bridgehead atoms. The number of allylic oxidation sites excluding steroid dienone is 3. The molecule has 17 heavy (non-hydrogen) atoms. The van der Waals surface area contributed by atoms with Crippen LogP contribution in [0.15, 0.2) is 41.5 Å². The number of nitrogens with one attached hydrogen (secondary N) is 1. The van der Waals surface area contributed by atoms with Gasteiger partial charge < -0.3 is 5.32 Å². The van der Waals surface area contributed by atoms with Crippen molar-refractivity contribution < 1.29 is 0 Å². The molecule has 0 atom stereocenters. The molecule has 1 aliphatic rings. The van der Waals surface area contributed by atoms with E-state index in [1.54, 1.807) is 0 Å². The number of hydrogen-bond donors (Lipinski definition) is 1. The van der Waals surface area contributed by atoms with Gasteiger partial charge in [0.25, 0.3) is 0 Å². The molecule has 2 rings (SSSR count). The van der Waals surface area contributed by atoms with Crippen molar-refractivity contribution in [2.24, 2.45) is 0 Å². The third-order valence-electron chi connectivity index (χ3n) is 3.06. The zero-order valence-electron chi connectivity index (χ0n) is 10.4. The highest BCUT2D eigenvalue weighted by Gasteiger charge is 2.05. The van der Waals surface area contributed by atoms with E-state index in [4.69, 9.17) is 11.6 Å². The van der Waals surface area contributed by atoms with Crippen molar-refractivity contribution in [1.82, 2.24) is 5.32 Å². The van der Waals surface area contributed by atoms with Crippen LogP contribution < -0.4 is 5.32 Å². The van der Waals surface area contributed by atoms with Crippen molar-refractivity contribution in [1.29, 1.82) is 0 Å². The van der Waals surface area contributed by atoms with Crippen molar-refractivity contribution >= 4 is 19.4 Å². The Balaban J connectivity index is 2.12. The summed E-state index contributed by atoms with van der Waals surface area (Å²) in [5, 5.41) is 4.30. The van der Waals surface area contributed by atoms with Crippen molar-refractivity contribution in [2.45, 2.75) is 19.8 Å². The van der Waals surface area contributed by atoms with Crippen LogP contribution in [0.4, 0.5) is 0 Å². The lowest BCUT2D eigenvalue weighted by Gasteiger charge is -2.15. The van der Waals surface area contributed by atoms with Gasteiger partial charge >= 0.3 is 0 Å². The number of halogens is 1. The molecule has 1 aromatic carbocycles. The Morgan fingerprint density at radius 2 is 2.18 bits per heavy atom. The topological polar surface area (TPSA) is 12.0 Å². The molecule has 0 spiro atoms. The summed E-state index contributed by atoms with van der Waals surface area (Å²) in [7, 11) is 2.13. The van der Waals surface area contributed by atoms with Gasteiger partial charge in [-0.1, -0.05) is 42.2 Å². The molecule has 1 aromatic rings. The third kappa shape index (κ3) is 3.16. The average molecular weight is 246 g/mol. The molecule has 88 valence electrons. The van der Waals surface area contributed by atoms with E-state index >= 15 is 0 Å². The van der Waals surface area contributed by atoms with Crippen LogP contribution >= 0.6 is 11.6 Å². The molecule has 1 nitrogen and oxygen atoms in total. The minimum Gasteiger partial charge on any atom is -0.385 e. The van der Waals surface area contributed by atoms with Crippen molar-refractivity contribution in [2.75, 3.05) is 6.54 Å². The third-order valence-corrected chi connectivity index (χ3v) is 3.41. The maximum absolute atomic E-state index is 6.22. The predicted octanol–water partition coefficient (Wildman–Crippen LogP) is 2.45. The van der Waals surface area contributed by atoms with Gasteiger partial charge in [-0.2, -0.15) is 0 Å². The quantitative estimate of drug-likeness (QED) is 0.807. The predicted molar refractivity (Wildman–Crippen MR) is 77.2 cm³/mol. The highest BCUT2D eigenvalue weighted by molar-refractivity contribution is 6.31. The van der Waals surface area contributed by atoms with Gasteiger partial charge in [0, 0.05) is 23.7 Å². The highest BCUT2D eigenvalue weighted by Crippen LogP contribution is 2.20. The van der Waals surface area contributed by atoms with Gasteiger partial charge in [0.05, 0.1) is 0 Å². The smallest absolute Gasteiger partial charge is 0.136 e. The second kappa shape index (κ2) is 5.46. The molecular formula is C14H17BClN. The normalized spacial score (nSPS) is 14.9. The summed E-state index contributed by atoms with van der Waals surface area (Å²) >= 11 is 6.22.